The number of hydrogen-bond donors (Lipinski definition) is 1. The number of hydrogen-bond acceptors (Lipinski definition) is 4. The molecule has 7 heteroatoms. The van der Waals surface area contributed by atoms with Crippen molar-refractivity contribution in [3.05, 3.63) is 82.1 Å². The maximum Gasteiger partial charge on any atom is 0.266 e. The van der Waals surface area contributed by atoms with E-state index in [2.05, 4.69) is 9.82 Å². The highest BCUT2D eigenvalue weighted by molar-refractivity contribution is 7.89. The average molecular weight is 398 g/mol. The summed E-state index contributed by atoms with van der Waals surface area (Å²) in [6.45, 7) is 4.25. The third-order valence-electron chi connectivity index (χ3n) is 4.39. The first-order valence-electron chi connectivity index (χ1n) is 9.07. The fourth-order valence-corrected chi connectivity index (χ4v) is 4.28. The van der Waals surface area contributed by atoms with Gasteiger partial charge in [-0.05, 0) is 38.0 Å². The number of rotatable bonds is 7. The maximum atomic E-state index is 12.5. The number of nitrogens with one attached hydrogen (secondary N) is 1. The summed E-state index contributed by atoms with van der Waals surface area (Å²) in [5, 5.41) is 4.39. The summed E-state index contributed by atoms with van der Waals surface area (Å²) >= 11 is 0. The van der Waals surface area contributed by atoms with E-state index in [9.17, 15) is 13.2 Å². The van der Waals surface area contributed by atoms with Gasteiger partial charge in [-0.2, -0.15) is 5.10 Å². The maximum absolute atomic E-state index is 12.5. The van der Waals surface area contributed by atoms with Gasteiger partial charge in [0.15, 0.2) is 0 Å². The molecule has 2 aromatic carbocycles. The van der Waals surface area contributed by atoms with Crippen LogP contribution in [0.1, 0.15) is 17.5 Å². The summed E-state index contributed by atoms with van der Waals surface area (Å²) in [6, 6.07) is 18.0. The van der Waals surface area contributed by atoms with Crippen LogP contribution in [0.4, 0.5) is 0 Å². The minimum absolute atomic E-state index is 0.211. The third kappa shape index (κ3) is 4.74. The molecular weight excluding hydrogens is 374 g/mol. The van der Waals surface area contributed by atoms with Crippen LogP contribution in [0.5, 0.6) is 0 Å². The second-order valence-corrected chi connectivity index (χ2v) is 8.40. The van der Waals surface area contributed by atoms with Crippen LogP contribution in [0.3, 0.4) is 0 Å². The molecule has 0 saturated heterocycles. The van der Waals surface area contributed by atoms with Crippen molar-refractivity contribution in [3.8, 4) is 11.3 Å². The highest BCUT2D eigenvalue weighted by atomic mass is 32.2. The first kappa shape index (κ1) is 20.0. The van der Waals surface area contributed by atoms with Gasteiger partial charge < -0.3 is 0 Å². The molecule has 0 bridgehead atoms. The van der Waals surface area contributed by atoms with Crippen molar-refractivity contribution >= 4 is 10.0 Å². The molecule has 0 radical (unpaired) electrons. The van der Waals surface area contributed by atoms with Gasteiger partial charge in [0.1, 0.15) is 0 Å². The molecule has 1 N–H and O–H groups in total. The van der Waals surface area contributed by atoms with E-state index < -0.39 is 10.0 Å². The van der Waals surface area contributed by atoms with Crippen LogP contribution in [0, 0.1) is 13.8 Å². The zero-order valence-electron chi connectivity index (χ0n) is 15.9. The molecule has 6 nitrogen and oxygen atoms in total. The normalized spacial score (nSPS) is 11.5. The molecule has 1 aromatic heterocycles. The molecule has 1 heterocycles. The summed E-state index contributed by atoms with van der Waals surface area (Å²) in [5.74, 6) is 0. The number of nitrogens with zero attached hydrogens (tertiary/aromatic N) is 2. The molecule has 0 fully saturated rings. The van der Waals surface area contributed by atoms with Gasteiger partial charge in [-0.25, -0.2) is 17.8 Å². The highest BCUT2D eigenvalue weighted by Gasteiger charge is 2.16. The molecule has 0 aliphatic rings. The lowest BCUT2D eigenvalue weighted by Gasteiger charge is -2.11. The smallest absolute Gasteiger partial charge is 0.266 e. The summed E-state index contributed by atoms with van der Waals surface area (Å²) in [7, 11) is -3.58. The molecule has 0 saturated carbocycles. The van der Waals surface area contributed by atoms with Crippen molar-refractivity contribution in [3.63, 3.8) is 0 Å². The Kier molecular flexibility index (Phi) is 6.06. The fourth-order valence-electron chi connectivity index (χ4n) is 2.99. The van der Waals surface area contributed by atoms with Crippen LogP contribution in [0.2, 0.25) is 0 Å². The van der Waals surface area contributed by atoms with Gasteiger partial charge in [-0.3, -0.25) is 4.79 Å². The fraction of sp³-hybridized carbons (Fsp3) is 0.238. The summed E-state index contributed by atoms with van der Waals surface area (Å²) < 4.78 is 28.9. The molecule has 0 spiro atoms. The van der Waals surface area contributed by atoms with Crippen molar-refractivity contribution in [2.75, 3.05) is 6.54 Å². The zero-order chi connectivity index (χ0) is 20.1. The van der Waals surface area contributed by atoms with Gasteiger partial charge in [0, 0.05) is 24.7 Å². The molecule has 0 atom stereocenters. The van der Waals surface area contributed by atoms with E-state index >= 15 is 0 Å². The number of aryl methyl sites for hydroxylation is 3. The number of benzene rings is 2. The molecule has 28 heavy (non-hydrogen) atoms. The minimum atomic E-state index is -3.58. The summed E-state index contributed by atoms with van der Waals surface area (Å²) in [6.07, 6.45) is 0.454. The Balaban J connectivity index is 1.64. The standard InChI is InChI=1S/C21H23N3O3S/c1-16-9-11-20(17(2)15-16)28(26,27)22-13-6-14-24-21(25)12-10-19(23-24)18-7-4-3-5-8-18/h3-5,7-12,15,22H,6,13-14H2,1-2H3. The van der Waals surface area contributed by atoms with Gasteiger partial charge in [-0.15, -0.1) is 0 Å². The predicted octanol–water partition coefficient (Wildman–Crippen LogP) is 2.90. The Morgan fingerprint density at radius 3 is 2.46 bits per heavy atom. The van der Waals surface area contributed by atoms with Gasteiger partial charge in [0.2, 0.25) is 10.0 Å². The van der Waals surface area contributed by atoms with Gasteiger partial charge in [0.05, 0.1) is 10.6 Å². The van der Waals surface area contributed by atoms with E-state index in [4.69, 9.17) is 0 Å². The van der Waals surface area contributed by atoms with Crippen molar-refractivity contribution in [2.24, 2.45) is 0 Å². The van der Waals surface area contributed by atoms with E-state index in [1.807, 2.05) is 43.3 Å². The van der Waals surface area contributed by atoms with Crippen molar-refractivity contribution < 1.29 is 8.42 Å². The van der Waals surface area contributed by atoms with E-state index in [1.54, 1.807) is 25.1 Å². The zero-order valence-corrected chi connectivity index (χ0v) is 16.7. The quantitative estimate of drug-likeness (QED) is 0.622. The topological polar surface area (TPSA) is 81.1 Å². The summed E-state index contributed by atoms with van der Waals surface area (Å²) in [4.78, 5) is 12.3. The third-order valence-corrected chi connectivity index (χ3v) is 6.02. The molecule has 0 unspecified atom stereocenters. The molecule has 3 rings (SSSR count). The van der Waals surface area contributed by atoms with E-state index in [-0.39, 0.29) is 17.0 Å². The van der Waals surface area contributed by atoms with Gasteiger partial charge >= 0.3 is 0 Å². The summed E-state index contributed by atoms with van der Waals surface area (Å²) in [5.41, 5.74) is 3.14. The average Bonchev–Trinajstić information content (AvgIpc) is 2.67. The first-order valence-corrected chi connectivity index (χ1v) is 10.6. The Morgan fingerprint density at radius 1 is 1.00 bits per heavy atom. The van der Waals surface area contributed by atoms with Crippen LogP contribution in [-0.2, 0) is 16.6 Å². The van der Waals surface area contributed by atoms with Crippen LogP contribution in [0.15, 0.2) is 70.4 Å². The second kappa shape index (κ2) is 8.50. The van der Waals surface area contributed by atoms with Gasteiger partial charge in [-0.1, -0.05) is 48.0 Å². The van der Waals surface area contributed by atoms with Crippen LogP contribution >= 0.6 is 0 Å². The van der Waals surface area contributed by atoms with Crippen molar-refractivity contribution in [1.29, 1.82) is 0 Å². The molecule has 0 aliphatic carbocycles. The Morgan fingerprint density at radius 2 is 1.75 bits per heavy atom. The second-order valence-electron chi connectivity index (χ2n) is 6.67. The molecule has 0 aliphatic heterocycles. The Labute approximate surface area is 164 Å². The Bertz CT molecular complexity index is 1120. The molecule has 0 amide bonds. The van der Waals surface area contributed by atoms with Gasteiger partial charge in [0.25, 0.3) is 5.56 Å². The highest BCUT2D eigenvalue weighted by Crippen LogP contribution is 2.16. The van der Waals surface area contributed by atoms with Crippen LogP contribution < -0.4 is 10.3 Å². The largest absolute Gasteiger partial charge is 0.268 e. The monoisotopic (exact) mass is 397 g/mol. The van der Waals surface area contributed by atoms with E-state index in [1.165, 1.54) is 10.7 Å². The molecule has 146 valence electrons. The SMILES string of the molecule is Cc1ccc(S(=O)(=O)NCCCn2nc(-c3ccccc3)ccc2=O)c(C)c1. The van der Waals surface area contributed by atoms with Crippen molar-refractivity contribution in [1.82, 2.24) is 14.5 Å². The number of aromatic nitrogens is 2. The van der Waals surface area contributed by atoms with Crippen LogP contribution in [0.25, 0.3) is 11.3 Å². The van der Waals surface area contributed by atoms with Crippen molar-refractivity contribution in [2.45, 2.75) is 31.7 Å². The predicted molar refractivity (Wildman–Crippen MR) is 110 cm³/mol. The number of sulfonamides is 1. The van der Waals surface area contributed by atoms with E-state index in [0.717, 1.165) is 11.1 Å². The lowest BCUT2D eigenvalue weighted by Crippen LogP contribution is -2.28. The lowest BCUT2D eigenvalue weighted by molar-refractivity contribution is 0.536. The molecule has 3 aromatic rings. The lowest BCUT2D eigenvalue weighted by atomic mass is 10.1. The molecular formula is C21H23N3O3S. The van der Waals surface area contributed by atoms with E-state index in [0.29, 0.717) is 24.2 Å². The minimum Gasteiger partial charge on any atom is -0.268 e. The van der Waals surface area contributed by atoms with Crippen LogP contribution in [-0.4, -0.2) is 24.7 Å². The Hall–Kier alpha value is -2.77. The first-order chi connectivity index (χ1) is 13.4.